The topological polar surface area (TPSA) is 124 Å². The maximum atomic E-state index is 14.2. The van der Waals surface area contributed by atoms with E-state index in [0.29, 0.717) is 16.3 Å². The summed E-state index contributed by atoms with van der Waals surface area (Å²) in [5.41, 5.74) is 4.47. The number of amides is 2. The largest absolute Gasteiger partial charge is 0.366 e. The zero-order chi connectivity index (χ0) is 33.7. The van der Waals surface area contributed by atoms with E-state index in [1.54, 1.807) is 36.7 Å². The van der Waals surface area contributed by atoms with Gasteiger partial charge in [0.2, 0.25) is 5.91 Å². The van der Waals surface area contributed by atoms with E-state index < -0.39 is 24.3 Å². The molecule has 3 aromatic carbocycles. The van der Waals surface area contributed by atoms with Gasteiger partial charge in [-0.1, -0.05) is 87.5 Å². The van der Waals surface area contributed by atoms with E-state index in [0.717, 1.165) is 32.7 Å². The van der Waals surface area contributed by atoms with Crippen LogP contribution in [0.5, 0.6) is 0 Å². The molecule has 5 rings (SSSR count). The van der Waals surface area contributed by atoms with Crippen LogP contribution < -0.4 is 10.6 Å². The molecule has 0 aliphatic heterocycles. The molecule has 0 saturated heterocycles. The van der Waals surface area contributed by atoms with Gasteiger partial charge in [-0.25, -0.2) is 14.4 Å². The highest BCUT2D eigenvalue weighted by Gasteiger charge is 2.26. The van der Waals surface area contributed by atoms with Gasteiger partial charge in [0.15, 0.2) is 12.1 Å². The number of aliphatic hydroxyl groups is 2. The van der Waals surface area contributed by atoms with Crippen molar-refractivity contribution in [3.63, 3.8) is 0 Å². The van der Waals surface area contributed by atoms with E-state index in [2.05, 4.69) is 41.4 Å². The quantitative estimate of drug-likeness (QED) is 0.135. The van der Waals surface area contributed by atoms with E-state index >= 15 is 0 Å². The van der Waals surface area contributed by atoms with Gasteiger partial charge in [0.1, 0.15) is 11.9 Å². The average Bonchev–Trinajstić information content (AvgIpc) is 3.57. The highest BCUT2D eigenvalue weighted by atomic mass is 32.1. The van der Waals surface area contributed by atoms with Crippen molar-refractivity contribution in [3.05, 3.63) is 118 Å². The minimum Gasteiger partial charge on any atom is -0.366 e. The summed E-state index contributed by atoms with van der Waals surface area (Å²) in [6.07, 6.45) is 1.89. The Morgan fingerprint density at radius 1 is 0.809 bits per heavy atom. The Morgan fingerprint density at radius 3 is 2.02 bits per heavy atom. The molecule has 0 bridgehead atoms. The number of aliphatic hydroxyl groups excluding tert-OH is 1. The van der Waals surface area contributed by atoms with Crippen molar-refractivity contribution in [2.45, 2.75) is 57.9 Å². The molecule has 10 heteroatoms. The molecule has 8 nitrogen and oxygen atoms in total. The minimum atomic E-state index is -1.74. The van der Waals surface area contributed by atoms with Gasteiger partial charge in [0.25, 0.3) is 5.91 Å². The number of carbonyl (C=O) groups excluding carboxylic acids is 2. The van der Waals surface area contributed by atoms with Crippen LogP contribution in [-0.4, -0.2) is 50.4 Å². The number of carbonyl (C=O) groups is 2. The molecule has 2 aromatic heterocycles. The first kappa shape index (κ1) is 33.6. The normalized spacial score (nSPS) is 12.9. The van der Waals surface area contributed by atoms with Crippen LogP contribution in [0.4, 0.5) is 4.39 Å². The highest BCUT2D eigenvalue weighted by Crippen LogP contribution is 2.30. The Kier molecular flexibility index (Phi) is 10.2. The molecule has 4 N–H and O–H groups in total. The Morgan fingerprint density at radius 2 is 1.43 bits per heavy atom. The predicted molar refractivity (Wildman–Crippen MR) is 182 cm³/mol. The van der Waals surface area contributed by atoms with Gasteiger partial charge in [-0.3, -0.25) is 9.59 Å². The number of rotatable bonds is 10. The fourth-order valence-electron chi connectivity index (χ4n) is 4.89. The lowest BCUT2D eigenvalue weighted by atomic mass is 9.95. The third kappa shape index (κ3) is 8.34. The van der Waals surface area contributed by atoms with Gasteiger partial charge in [-0.15, -0.1) is 11.3 Å². The van der Waals surface area contributed by atoms with E-state index in [1.807, 2.05) is 54.6 Å². The molecular weight excluding hydrogens is 615 g/mol. The highest BCUT2D eigenvalue weighted by molar-refractivity contribution is 7.14. The summed E-state index contributed by atoms with van der Waals surface area (Å²) in [7, 11) is 0. The minimum absolute atomic E-state index is 0.117. The molecule has 2 atom stereocenters. The van der Waals surface area contributed by atoms with Gasteiger partial charge >= 0.3 is 0 Å². The van der Waals surface area contributed by atoms with Crippen molar-refractivity contribution in [1.29, 1.82) is 0 Å². The van der Waals surface area contributed by atoms with Gasteiger partial charge in [0.05, 0.1) is 10.9 Å². The number of aromatic nitrogens is 2. The molecule has 0 saturated carbocycles. The summed E-state index contributed by atoms with van der Waals surface area (Å²) in [5.74, 6) is -0.665. The SMILES string of the molecule is C[C@@H](NC(=O)[C@H](Cc1ccc(-c2ncc(-c3ccc(-c4ccccc4F)cc3)cn2)cc1)NC(=O)c1ccc(C(C)(C)C)s1)C(O)O. The second-order valence-corrected chi connectivity index (χ2v) is 13.5. The van der Waals surface area contributed by atoms with Crippen molar-refractivity contribution in [2.24, 2.45) is 0 Å². The zero-order valence-electron chi connectivity index (χ0n) is 26.6. The molecule has 2 amide bonds. The van der Waals surface area contributed by atoms with Crippen molar-refractivity contribution < 1.29 is 24.2 Å². The van der Waals surface area contributed by atoms with Gasteiger partial charge in [0, 0.05) is 40.4 Å². The number of hydrogen-bond donors (Lipinski definition) is 4. The van der Waals surface area contributed by atoms with Gasteiger partial charge in [-0.05, 0) is 47.2 Å². The molecule has 47 heavy (non-hydrogen) atoms. The molecular formula is C37H37FN4O4S. The number of halogens is 1. The lowest BCUT2D eigenvalue weighted by Gasteiger charge is -2.22. The monoisotopic (exact) mass is 652 g/mol. The van der Waals surface area contributed by atoms with Crippen molar-refractivity contribution in [2.75, 3.05) is 0 Å². The molecule has 0 unspecified atom stereocenters. The van der Waals surface area contributed by atoms with E-state index in [-0.39, 0.29) is 23.6 Å². The van der Waals surface area contributed by atoms with E-state index in [1.165, 1.54) is 24.3 Å². The van der Waals surface area contributed by atoms with Crippen LogP contribution in [0.2, 0.25) is 0 Å². The molecule has 242 valence electrons. The first-order valence-corrected chi connectivity index (χ1v) is 16.0. The molecule has 0 aliphatic carbocycles. The number of thiophene rings is 1. The van der Waals surface area contributed by atoms with Crippen LogP contribution in [-0.2, 0) is 16.6 Å². The number of nitrogens with zero attached hydrogens (tertiary/aromatic N) is 2. The fraction of sp³-hybridized carbons (Fsp3) is 0.243. The molecule has 0 spiro atoms. The van der Waals surface area contributed by atoms with Crippen molar-refractivity contribution in [1.82, 2.24) is 20.6 Å². The number of nitrogens with one attached hydrogen (secondary N) is 2. The second kappa shape index (κ2) is 14.3. The summed E-state index contributed by atoms with van der Waals surface area (Å²) in [5, 5.41) is 24.4. The van der Waals surface area contributed by atoms with Gasteiger partial charge < -0.3 is 20.8 Å². The predicted octanol–water partition coefficient (Wildman–Crippen LogP) is 6.13. The first-order chi connectivity index (χ1) is 22.4. The Bertz CT molecular complexity index is 1830. The molecule has 2 heterocycles. The van der Waals surface area contributed by atoms with Gasteiger partial charge in [-0.2, -0.15) is 0 Å². The smallest absolute Gasteiger partial charge is 0.262 e. The Labute approximate surface area is 277 Å². The third-order valence-electron chi connectivity index (χ3n) is 7.71. The summed E-state index contributed by atoms with van der Waals surface area (Å²) >= 11 is 1.37. The fourth-order valence-corrected chi connectivity index (χ4v) is 5.86. The standard InChI is InChI=1S/C37H37FN4O4S/c1-22(36(45)46)41-34(43)30(42-35(44)31-17-18-32(47-31)37(2,3)4)19-23-9-11-26(12-10-23)33-39-20-27(21-40-33)24-13-15-25(16-14-24)28-7-5-6-8-29(28)38/h5-18,20-22,30,36,45-46H,19H2,1-4H3,(H,41,43)(H,42,44)/t22-,30+/m1/s1. The average molecular weight is 653 g/mol. The van der Waals surface area contributed by atoms with E-state index in [4.69, 9.17) is 0 Å². The van der Waals surface area contributed by atoms with Crippen LogP contribution >= 0.6 is 11.3 Å². The van der Waals surface area contributed by atoms with Crippen LogP contribution in [0.25, 0.3) is 33.6 Å². The third-order valence-corrected chi connectivity index (χ3v) is 9.22. The Balaban J connectivity index is 1.28. The van der Waals surface area contributed by atoms with Crippen LogP contribution in [0.1, 0.15) is 47.8 Å². The Hall–Kier alpha value is -4.77. The maximum Gasteiger partial charge on any atom is 0.262 e. The summed E-state index contributed by atoms with van der Waals surface area (Å²) in [4.78, 5) is 36.9. The molecule has 5 aromatic rings. The van der Waals surface area contributed by atoms with Crippen LogP contribution in [0.15, 0.2) is 97.3 Å². The first-order valence-electron chi connectivity index (χ1n) is 15.2. The second-order valence-electron chi connectivity index (χ2n) is 12.4. The van der Waals surface area contributed by atoms with E-state index in [9.17, 15) is 24.2 Å². The maximum absolute atomic E-state index is 14.2. The summed E-state index contributed by atoms with van der Waals surface area (Å²) in [6.45, 7) is 7.67. The number of hydrogen-bond acceptors (Lipinski definition) is 7. The molecule has 0 aliphatic rings. The lowest BCUT2D eigenvalue weighted by molar-refractivity contribution is -0.128. The van der Waals surface area contributed by atoms with Crippen molar-refractivity contribution in [3.8, 4) is 33.6 Å². The summed E-state index contributed by atoms with van der Waals surface area (Å²) in [6, 6.07) is 23.3. The van der Waals surface area contributed by atoms with Crippen LogP contribution in [0.3, 0.4) is 0 Å². The lowest BCUT2D eigenvalue weighted by Crippen LogP contribution is -2.52. The van der Waals surface area contributed by atoms with Crippen LogP contribution in [0, 0.1) is 5.82 Å². The number of benzene rings is 3. The zero-order valence-corrected chi connectivity index (χ0v) is 27.4. The molecule has 0 radical (unpaired) electrons. The summed E-state index contributed by atoms with van der Waals surface area (Å²) < 4.78 is 14.2. The molecule has 0 fully saturated rings. The van der Waals surface area contributed by atoms with Crippen molar-refractivity contribution >= 4 is 23.2 Å².